The summed E-state index contributed by atoms with van der Waals surface area (Å²) < 4.78 is 0. The van der Waals surface area contributed by atoms with Gasteiger partial charge in [-0.3, -0.25) is 4.98 Å². The van der Waals surface area contributed by atoms with Crippen molar-refractivity contribution in [1.29, 1.82) is 5.26 Å². The molecule has 0 saturated carbocycles. The molecule has 2 aromatic rings. The average Bonchev–Trinajstić information content (AvgIpc) is 2.38. The predicted octanol–water partition coefficient (Wildman–Crippen LogP) is 3.37. The number of hydrogen-bond acceptors (Lipinski definition) is 3. The van der Waals surface area contributed by atoms with Gasteiger partial charge >= 0.3 is 0 Å². The number of pyridine rings is 1. The van der Waals surface area contributed by atoms with Crippen molar-refractivity contribution in [2.24, 2.45) is 0 Å². The molecule has 0 aliphatic carbocycles. The Morgan fingerprint density at radius 3 is 2.71 bits per heavy atom. The number of hydrogen-bond donors (Lipinski definition) is 0. The van der Waals surface area contributed by atoms with Crippen LogP contribution in [0.2, 0.25) is 5.02 Å². The van der Waals surface area contributed by atoms with Crippen LogP contribution in [0.4, 0.5) is 11.4 Å². The Morgan fingerprint density at radius 2 is 2.00 bits per heavy atom. The maximum Gasteiger partial charge on any atom is 0.101 e. The molecule has 0 saturated heterocycles. The minimum atomic E-state index is 0.558. The first-order valence-corrected chi connectivity index (χ1v) is 5.44. The first-order chi connectivity index (χ1) is 8.24. The SMILES string of the molecule is CN(c1ccncc1Cl)c1ccccc1C#N. The summed E-state index contributed by atoms with van der Waals surface area (Å²) in [5.41, 5.74) is 2.26. The first-order valence-electron chi connectivity index (χ1n) is 5.06. The van der Waals surface area contributed by atoms with Crippen LogP contribution in [-0.4, -0.2) is 12.0 Å². The topological polar surface area (TPSA) is 39.9 Å². The number of benzene rings is 1. The first kappa shape index (κ1) is 11.4. The number of para-hydroxylation sites is 1. The van der Waals surface area contributed by atoms with E-state index in [-0.39, 0.29) is 0 Å². The zero-order chi connectivity index (χ0) is 12.3. The van der Waals surface area contributed by atoms with Gasteiger partial charge in [-0.25, -0.2) is 0 Å². The van der Waals surface area contributed by atoms with Gasteiger partial charge in [0.25, 0.3) is 0 Å². The monoisotopic (exact) mass is 243 g/mol. The van der Waals surface area contributed by atoms with Gasteiger partial charge in [0.15, 0.2) is 0 Å². The van der Waals surface area contributed by atoms with Crippen molar-refractivity contribution >= 4 is 23.0 Å². The quantitative estimate of drug-likeness (QED) is 0.812. The summed E-state index contributed by atoms with van der Waals surface area (Å²) in [6, 6.07) is 11.4. The molecule has 4 heteroatoms. The van der Waals surface area contributed by atoms with Crippen molar-refractivity contribution < 1.29 is 0 Å². The lowest BCUT2D eigenvalue weighted by atomic mass is 10.1. The predicted molar refractivity (Wildman–Crippen MR) is 68.5 cm³/mol. The van der Waals surface area contributed by atoms with Crippen LogP contribution in [0, 0.1) is 11.3 Å². The highest BCUT2D eigenvalue weighted by Crippen LogP contribution is 2.31. The van der Waals surface area contributed by atoms with E-state index in [4.69, 9.17) is 16.9 Å². The molecule has 0 amide bonds. The van der Waals surface area contributed by atoms with Crippen molar-refractivity contribution in [3.8, 4) is 6.07 Å². The van der Waals surface area contributed by atoms with E-state index in [0.29, 0.717) is 10.6 Å². The van der Waals surface area contributed by atoms with E-state index in [1.54, 1.807) is 18.5 Å². The second-order valence-corrected chi connectivity index (χ2v) is 3.92. The summed E-state index contributed by atoms with van der Waals surface area (Å²) in [5.74, 6) is 0. The Hall–Kier alpha value is -2.05. The summed E-state index contributed by atoms with van der Waals surface area (Å²) >= 11 is 6.08. The zero-order valence-electron chi connectivity index (χ0n) is 9.26. The normalized spacial score (nSPS) is 9.71. The third-order valence-corrected chi connectivity index (χ3v) is 2.79. The molecule has 0 radical (unpaired) electrons. The molecule has 1 aromatic heterocycles. The molecule has 1 heterocycles. The lowest BCUT2D eigenvalue weighted by Gasteiger charge is -2.21. The molecule has 2 rings (SSSR count). The fourth-order valence-electron chi connectivity index (χ4n) is 1.63. The summed E-state index contributed by atoms with van der Waals surface area (Å²) in [6.07, 6.45) is 3.26. The molecule has 0 aliphatic heterocycles. The van der Waals surface area contributed by atoms with Gasteiger partial charge in [0.1, 0.15) is 6.07 Å². The molecule has 0 unspecified atom stereocenters. The highest BCUT2D eigenvalue weighted by atomic mass is 35.5. The number of nitriles is 1. The van der Waals surface area contributed by atoms with E-state index < -0.39 is 0 Å². The van der Waals surface area contributed by atoms with E-state index >= 15 is 0 Å². The van der Waals surface area contributed by atoms with Gasteiger partial charge in [0, 0.05) is 19.4 Å². The molecular weight excluding hydrogens is 234 g/mol. The van der Waals surface area contributed by atoms with E-state index in [0.717, 1.165) is 11.4 Å². The van der Waals surface area contributed by atoms with E-state index in [2.05, 4.69) is 11.1 Å². The van der Waals surface area contributed by atoms with Crippen LogP contribution in [0.3, 0.4) is 0 Å². The van der Waals surface area contributed by atoms with Crippen LogP contribution in [0.5, 0.6) is 0 Å². The second-order valence-electron chi connectivity index (χ2n) is 3.52. The minimum Gasteiger partial charge on any atom is -0.342 e. The maximum absolute atomic E-state index is 9.06. The van der Waals surface area contributed by atoms with E-state index in [1.807, 2.05) is 36.2 Å². The van der Waals surface area contributed by atoms with E-state index in [1.165, 1.54) is 0 Å². The number of nitrogens with zero attached hydrogens (tertiary/aromatic N) is 3. The highest BCUT2D eigenvalue weighted by Gasteiger charge is 2.11. The smallest absolute Gasteiger partial charge is 0.101 e. The van der Waals surface area contributed by atoms with Gasteiger partial charge in [-0.05, 0) is 18.2 Å². The van der Waals surface area contributed by atoms with Crippen LogP contribution >= 0.6 is 11.6 Å². The van der Waals surface area contributed by atoms with Gasteiger partial charge in [-0.1, -0.05) is 23.7 Å². The Kier molecular flexibility index (Phi) is 3.27. The Labute approximate surface area is 105 Å². The standard InChI is InChI=1S/C13H10ClN3/c1-17(13-6-7-16-9-11(13)14)12-5-3-2-4-10(12)8-15/h2-7,9H,1H3. The van der Waals surface area contributed by atoms with Crippen LogP contribution in [-0.2, 0) is 0 Å². The molecule has 1 aromatic carbocycles. The van der Waals surface area contributed by atoms with E-state index in [9.17, 15) is 0 Å². The van der Waals surface area contributed by atoms with Gasteiger partial charge in [0.05, 0.1) is 22.0 Å². The zero-order valence-corrected chi connectivity index (χ0v) is 10.0. The van der Waals surface area contributed by atoms with Gasteiger partial charge < -0.3 is 4.90 Å². The van der Waals surface area contributed by atoms with Crippen molar-refractivity contribution in [2.45, 2.75) is 0 Å². The molecule has 17 heavy (non-hydrogen) atoms. The fraction of sp³-hybridized carbons (Fsp3) is 0.0769. The maximum atomic E-state index is 9.06. The minimum absolute atomic E-state index is 0.558. The molecule has 0 aliphatic rings. The third kappa shape index (κ3) is 2.22. The van der Waals surface area contributed by atoms with Crippen LogP contribution in [0.1, 0.15) is 5.56 Å². The molecule has 0 atom stereocenters. The third-order valence-electron chi connectivity index (χ3n) is 2.50. The Bertz CT molecular complexity index is 575. The van der Waals surface area contributed by atoms with Crippen molar-refractivity contribution in [2.75, 3.05) is 11.9 Å². The lowest BCUT2D eigenvalue weighted by molar-refractivity contribution is 1.18. The van der Waals surface area contributed by atoms with Crippen LogP contribution < -0.4 is 4.90 Å². The molecule has 0 fully saturated rings. The number of aromatic nitrogens is 1. The average molecular weight is 244 g/mol. The fourth-order valence-corrected chi connectivity index (χ4v) is 1.88. The molecule has 84 valence electrons. The van der Waals surface area contributed by atoms with Crippen LogP contribution in [0.25, 0.3) is 0 Å². The van der Waals surface area contributed by atoms with Crippen molar-refractivity contribution in [3.05, 3.63) is 53.3 Å². The Balaban J connectivity index is 2.48. The van der Waals surface area contributed by atoms with Gasteiger partial charge in [0.2, 0.25) is 0 Å². The molecule has 3 nitrogen and oxygen atoms in total. The molecule has 0 spiro atoms. The molecular formula is C13H10ClN3. The largest absolute Gasteiger partial charge is 0.342 e. The van der Waals surface area contributed by atoms with Gasteiger partial charge in [-0.15, -0.1) is 0 Å². The number of halogens is 1. The van der Waals surface area contributed by atoms with Crippen molar-refractivity contribution in [3.63, 3.8) is 0 Å². The second kappa shape index (κ2) is 4.86. The van der Waals surface area contributed by atoms with Crippen LogP contribution in [0.15, 0.2) is 42.7 Å². The summed E-state index contributed by atoms with van der Waals surface area (Å²) in [7, 11) is 1.87. The van der Waals surface area contributed by atoms with Gasteiger partial charge in [-0.2, -0.15) is 5.26 Å². The molecule has 0 bridgehead atoms. The lowest BCUT2D eigenvalue weighted by Crippen LogP contribution is -2.11. The number of anilines is 2. The summed E-state index contributed by atoms with van der Waals surface area (Å²) in [5, 5.41) is 9.62. The summed E-state index contributed by atoms with van der Waals surface area (Å²) in [6.45, 7) is 0. The summed E-state index contributed by atoms with van der Waals surface area (Å²) in [4.78, 5) is 5.82. The highest BCUT2D eigenvalue weighted by molar-refractivity contribution is 6.33. The van der Waals surface area contributed by atoms with Crippen molar-refractivity contribution in [1.82, 2.24) is 4.98 Å². The molecule has 0 N–H and O–H groups in total. The number of rotatable bonds is 2. The Morgan fingerprint density at radius 1 is 1.24 bits per heavy atom.